The van der Waals surface area contributed by atoms with Gasteiger partial charge in [0.05, 0.1) is 0 Å². The lowest BCUT2D eigenvalue weighted by atomic mass is 10.2. The molecule has 136 valence electrons. The van der Waals surface area contributed by atoms with Crippen molar-refractivity contribution in [2.75, 3.05) is 18.5 Å². The first-order chi connectivity index (χ1) is 12.5. The summed E-state index contributed by atoms with van der Waals surface area (Å²) in [6, 6.07) is 14.5. The minimum atomic E-state index is -0.241. The second-order valence-corrected chi connectivity index (χ2v) is 6.14. The van der Waals surface area contributed by atoms with Gasteiger partial charge < -0.3 is 15.4 Å². The van der Waals surface area contributed by atoms with Crippen LogP contribution < -0.4 is 15.4 Å². The molecule has 0 saturated carbocycles. The average molecular weight is 352 g/mol. The van der Waals surface area contributed by atoms with Gasteiger partial charge in [0, 0.05) is 24.2 Å². The molecule has 5 nitrogen and oxygen atoms in total. The SMILES string of the molecule is C=C(C)COc1cccc(C(=O)NCCC(=O)Nc2ccccc2C)c1. The molecule has 0 saturated heterocycles. The Bertz CT molecular complexity index is 799. The summed E-state index contributed by atoms with van der Waals surface area (Å²) in [6.45, 7) is 8.25. The number of para-hydroxylation sites is 1. The van der Waals surface area contributed by atoms with Gasteiger partial charge in [-0.3, -0.25) is 9.59 Å². The molecule has 2 N–H and O–H groups in total. The van der Waals surface area contributed by atoms with Crippen LogP contribution in [-0.2, 0) is 4.79 Å². The van der Waals surface area contributed by atoms with Crippen LogP contribution in [0, 0.1) is 6.92 Å². The molecule has 0 unspecified atom stereocenters. The van der Waals surface area contributed by atoms with Crippen molar-refractivity contribution in [3.05, 3.63) is 71.8 Å². The van der Waals surface area contributed by atoms with Crippen LogP contribution in [0.5, 0.6) is 5.75 Å². The summed E-state index contributed by atoms with van der Waals surface area (Å²) in [5.74, 6) is 0.227. The average Bonchev–Trinajstić information content (AvgIpc) is 2.62. The molecule has 0 atom stereocenters. The van der Waals surface area contributed by atoms with Crippen LogP contribution in [0.1, 0.15) is 29.3 Å². The zero-order valence-corrected chi connectivity index (χ0v) is 15.2. The molecule has 2 amide bonds. The molecular weight excluding hydrogens is 328 g/mol. The molecule has 5 heteroatoms. The summed E-state index contributed by atoms with van der Waals surface area (Å²) in [4.78, 5) is 24.2. The second-order valence-electron chi connectivity index (χ2n) is 6.14. The van der Waals surface area contributed by atoms with E-state index in [1.807, 2.05) is 38.1 Å². The molecule has 0 aliphatic heterocycles. The van der Waals surface area contributed by atoms with E-state index in [-0.39, 0.29) is 24.8 Å². The molecule has 0 radical (unpaired) electrons. The Balaban J connectivity index is 1.81. The second kappa shape index (κ2) is 9.42. The molecule has 26 heavy (non-hydrogen) atoms. The Morgan fingerprint density at radius 1 is 1.12 bits per heavy atom. The van der Waals surface area contributed by atoms with E-state index in [0.717, 1.165) is 16.8 Å². The quantitative estimate of drug-likeness (QED) is 0.712. The molecule has 2 rings (SSSR count). The van der Waals surface area contributed by atoms with Crippen LogP contribution in [0.3, 0.4) is 0 Å². The highest BCUT2D eigenvalue weighted by atomic mass is 16.5. The number of rotatable bonds is 8. The minimum absolute atomic E-state index is 0.141. The van der Waals surface area contributed by atoms with Gasteiger partial charge in [0.2, 0.25) is 5.91 Å². The number of anilines is 1. The monoisotopic (exact) mass is 352 g/mol. The zero-order chi connectivity index (χ0) is 18.9. The van der Waals surface area contributed by atoms with Gasteiger partial charge in [-0.1, -0.05) is 30.8 Å². The van der Waals surface area contributed by atoms with Gasteiger partial charge in [-0.2, -0.15) is 0 Å². The van der Waals surface area contributed by atoms with Gasteiger partial charge in [-0.15, -0.1) is 0 Å². The molecule has 0 fully saturated rings. The third kappa shape index (κ3) is 6.09. The number of nitrogens with one attached hydrogen (secondary N) is 2. The highest BCUT2D eigenvalue weighted by molar-refractivity contribution is 5.95. The van der Waals surface area contributed by atoms with Crippen molar-refractivity contribution in [3.8, 4) is 5.75 Å². The van der Waals surface area contributed by atoms with Crippen molar-refractivity contribution in [3.63, 3.8) is 0 Å². The van der Waals surface area contributed by atoms with Crippen molar-refractivity contribution in [1.29, 1.82) is 0 Å². The Labute approximate surface area is 154 Å². The van der Waals surface area contributed by atoms with Crippen molar-refractivity contribution < 1.29 is 14.3 Å². The lowest BCUT2D eigenvalue weighted by Gasteiger charge is -2.10. The van der Waals surface area contributed by atoms with E-state index in [9.17, 15) is 9.59 Å². The molecule has 0 bridgehead atoms. The molecule has 0 spiro atoms. The summed E-state index contributed by atoms with van der Waals surface area (Å²) < 4.78 is 5.53. The Morgan fingerprint density at radius 3 is 2.62 bits per heavy atom. The summed E-state index contributed by atoms with van der Waals surface area (Å²) in [6.07, 6.45) is 0.200. The van der Waals surface area contributed by atoms with Crippen LogP contribution in [0.15, 0.2) is 60.7 Å². The number of hydrogen-bond acceptors (Lipinski definition) is 3. The molecule has 0 heterocycles. The number of hydrogen-bond donors (Lipinski definition) is 2. The lowest BCUT2D eigenvalue weighted by Crippen LogP contribution is -2.27. The van der Waals surface area contributed by atoms with Crippen LogP contribution >= 0.6 is 0 Å². The molecule has 0 aromatic heterocycles. The van der Waals surface area contributed by atoms with E-state index in [2.05, 4.69) is 17.2 Å². The van der Waals surface area contributed by atoms with E-state index >= 15 is 0 Å². The van der Waals surface area contributed by atoms with E-state index in [1.165, 1.54) is 0 Å². The van der Waals surface area contributed by atoms with Crippen molar-refractivity contribution in [1.82, 2.24) is 5.32 Å². The van der Waals surface area contributed by atoms with Gasteiger partial charge in [-0.25, -0.2) is 0 Å². The topological polar surface area (TPSA) is 67.4 Å². The van der Waals surface area contributed by atoms with E-state index < -0.39 is 0 Å². The first-order valence-corrected chi connectivity index (χ1v) is 8.46. The van der Waals surface area contributed by atoms with Gasteiger partial charge in [0.15, 0.2) is 0 Å². The Hall–Kier alpha value is -3.08. The Morgan fingerprint density at radius 2 is 1.88 bits per heavy atom. The normalized spacial score (nSPS) is 10.1. The number of carbonyl (C=O) groups excluding carboxylic acids is 2. The highest BCUT2D eigenvalue weighted by Crippen LogP contribution is 2.15. The van der Waals surface area contributed by atoms with Crippen LogP contribution in [0.4, 0.5) is 5.69 Å². The molecule has 2 aromatic rings. The maximum atomic E-state index is 12.2. The Kier molecular flexibility index (Phi) is 6.97. The number of benzene rings is 2. The predicted molar refractivity (Wildman–Crippen MR) is 104 cm³/mol. The number of aryl methyl sites for hydroxylation is 1. The number of ether oxygens (including phenoxy) is 1. The third-order valence-corrected chi connectivity index (χ3v) is 3.64. The fourth-order valence-electron chi connectivity index (χ4n) is 2.25. The lowest BCUT2D eigenvalue weighted by molar-refractivity contribution is -0.116. The van der Waals surface area contributed by atoms with Crippen LogP contribution in [0.2, 0.25) is 0 Å². The van der Waals surface area contributed by atoms with Gasteiger partial charge in [0.25, 0.3) is 5.91 Å². The standard InChI is InChI=1S/C21H24N2O3/c1-15(2)14-26-18-9-6-8-17(13-18)21(25)22-12-11-20(24)23-19-10-5-4-7-16(19)3/h4-10,13H,1,11-12,14H2,2-3H3,(H,22,25)(H,23,24). The first kappa shape index (κ1) is 19.2. The van der Waals surface area contributed by atoms with Gasteiger partial charge >= 0.3 is 0 Å². The predicted octanol–water partition coefficient (Wildman–Crippen LogP) is 3.71. The summed E-state index contributed by atoms with van der Waals surface area (Å²) >= 11 is 0. The smallest absolute Gasteiger partial charge is 0.251 e. The van der Waals surface area contributed by atoms with E-state index in [1.54, 1.807) is 24.3 Å². The maximum absolute atomic E-state index is 12.2. The fourth-order valence-corrected chi connectivity index (χ4v) is 2.25. The van der Waals surface area contributed by atoms with Gasteiger partial charge in [0.1, 0.15) is 12.4 Å². The molecule has 0 aliphatic rings. The molecule has 0 aliphatic carbocycles. The summed E-state index contributed by atoms with van der Waals surface area (Å²) in [5.41, 5.74) is 3.17. The van der Waals surface area contributed by atoms with E-state index in [0.29, 0.717) is 17.9 Å². The van der Waals surface area contributed by atoms with Gasteiger partial charge in [-0.05, 0) is 49.2 Å². The number of amides is 2. The van der Waals surface area contributed by atoms with Crippen molar-refractivity contribution in [2.45, 2.75) is 20.3 Å². The summed E-state index contributed by atoms with van der Waals surface area (Å²) in [5, 5.41) is 5.59. The third-order valence-electron chi connectivity index (χ3n) is 3.64. The molecule has 2 aromatic carbocycles. The minimum Gasteiger partial charge on any atom is -0.489 e. The van der Waals surface area contributed by atoms with Crippen molar-refractivity contribution in [2.24, 2.45) is 0 Å². The highest BCUT2D eigenvalue weighted by Gasteiger charge is 2.09. The van der Waals surface area contributed by atoms with E-state index in [4.69, 9.17) is 4.74 Å². The van der Waals surface area contributed by atoms with Crippen LogP contribution in [-0.4, -0.2) is 25.0 Å². The van der Waals surface area contributed by atoms with Crippen LogP contribution in [0.25, 0.3) is 0 Å². The van der Waals surface area contributed by atoms with Crippen molar-refractivity contribution >= 4 is 17.5 Å². The zero-order valence-electron chi connectivity index (χ0n) is 15.2. The first-order valence-electron chi connectivity index (χ1n) is 8.46. The maximum Gasteiger partial charge on any atom is 0.251 e. The summed E-state index contributed by atoms with van der Waals surface area (Å²) in [7, 11) is 0. The fraction of sp³-hybridized carbons (Fsp3) is 0.238. The largest absolute Gasteiger partial charge is 0.489 e. The number of carbonyl (C=O) groups is 2. The molecular formula is C21H24N2O3.